The summed E-state index contributed by atoms with van der Waals surface area (Å²) in [5.74, 6) is 0.0818. The predicted octanol–water partition coefficient (Wildman–Crippen LogP) is 6.33. The lowest BCUT2D eigenvalue weighted by Crippen LogP contribution is -2.28. The Balaban J connectivity index is 1.55. The van der Waals surface area contributed by atoms with Crippen LogP contribution in [0.3, 0.4) is 0 Å². The van der Waals surface area contributed by atoms with Crippen LogP contribution in [-0.4, -0.2) is 17.4 Å². The molecule has 1 aliphatic rings. The van der Waals surface area contributed by atoms with Gasteiger partial charge in [-0.15, -0.1) is 0 Å². The predicted molar refractivity (Wildman–Crippen MR) is 119 cm³/mol. The molecule has 2 rings (SSSR count). The van der Waals surface area contributed by atoms with Gasteiger partial charge in [-0.3, -0.25) is 4.79 Å². The number of nitrogens with zero attached hydrogens (tertiary/aromatic N) is 1. The largest absolute Gasteiger partial charge is 0.352 e. The van der Waals surface area contributed by atoms with Crippen LogP contribution in [0.15, 0.2) is 54.4 Å². The maximum absolute atomic E-state index is 12.4. The van der Waals surface area contributed by atoms with E-state index in [0.29, 0.717) is 0 Å². The van der Waals surface area contributed by atoms with E-state index >= 15 is 0 Å². The smallest absolute Gasteiger partial charge is 0.248 e. The molecule has 0 spiro atoms. The van der Waals surface area contributed by atoms with Crippen molar-refractivity contribution in [3.63, 3.8) is 0 Å². The van der Waals surface area contributed by atoms with Crippen molar-refractivity contribution >= 4 is 5.91 Å². The summed E-state index contributed by atoms with van der Waals surface area (Å²) in [6, 6.07) is 10.3. The number of hydrogen-bond acceptors (Lipinski definition) is 2. The van der Waals surface area contributed by atoms with Gasteiger partial charge < -0.3 is 10.2 Å². The van der Waals surface area contributed by atoms with E-state index in [1.807, 2.05) is 24.4 Å². The standard InChI is InChI=1S/C25H38N2O/c1-2-3-4-5-6-7-8-9-10-14-19-26-25(28)24-18-15-20-27(22-24)21-23-16-12-11-13-17-23/h11-13,15-17,20,22H,2-10,14,18-19,21H2,1H3,(H,26,28). The molecule has 1 aromatic rings. The molecule has 28 heavy (non-hydrogen) atoms. The zero-order valence-electron chi connectivity index (χ0n) is 17.7. The van der Waals surface area contributed by atoms with E-state index in [9.17, 15) is 4.79 Å². The summed E-state index contributed by atoms with van der Waals surface area (Å²) in [7, 11) is 0. The first kappa shape index (κ1) is 22.3. The first-order chi connectivity index (χ1) is 13.8. The summed E-state index contributed by atoms with van der Waals surface area (Å²) in [6.45, 7) is 3.85. The summed E-state index contributed by atoms with van der Waals surface area (Å²) in [4.78, 5) is 14.5. The van der Waals surface area contributed by atoms with E-state index in [-0.39, 0.29) is 5.91 Å². The molecule has 1 amide bonds. The van der Waals surface area contributed by atoms with E-state index in [4.69, 9.17) is 0 Å². The molecule has 0 atom stereocenters. The minimum absolute atomic E-state index is 0.0818. The van der Waals surface area contributed by atoms with Crippen molar-refractivity contribution in [2.75, 3.05) is 6.54 Å². The molecule has 0 radical (unpaired) electrons. The first-order valence-corrected chi connectivity index (χ1v) is 11.2. The Morgan fingerprint density at radius 1 is 0.929 bits per heavy atom. The molecular formula is C25H38N2O. The van der Waals surface area contributed by atoms with E-state index in [2.05, 4.69) is 41.5 Å². The van der Waals surface area contributed by atoms with Gasteiger partial charge in [-0.1, -0.05) is 101 Å². The molecule has 0 fully saturated rings. The third-order valence-corrected chi connectivity index (χ3v) is 5.27. The van der Waals surface area contributed by atoms with Gasteiger partial charge >= 0.3 is 0 Å². The number of amides is 1. The Labute approximate surface area is 171 Å². The fourth-order valence-corrected chi connectivity index (χ4v) is 3.58. The van der Waals surface area contributed by atoms with Crippen LogP contribution in [-0.2, 0) is 11.3 Å². The number of benzene rings is 1. The molecule has 1 aliphatic heterocycles. The molecule has 3 nitrogen and oxygen atoms in total. The number of carbonyl (C=O) groups is 1. The van der Waals surface area contributed by atoms with Crippen molar-refractivity contribution in [3.8, 4) is 0 Å². The Bertz CT molecular complexity index is 606. The average Bonchev–Trinajstić information content (AvgIpc) is 2.73. The van der Waals surface area contributed by atoms with Crippen LogP contribution in [0.2, 0.25) is 0 Å². The number of nitrogens with one attached hydrogen (secondary N) is 1. The van der Waals surface area contributed by atoms with Crippen molar-refractivity contribution in [1.82, 2.24) is 10.2 Å². The summed E-state index contributed by atoms with van der Waals surface area (Å²) in [6.07, 6.45) is 20.0. The van der Waals surface area contributed by atoms with Crippen molar-refractivity contribution in [3.05, 3.63) is 59.9 Å². The van der Waals surface area contributed by atoms with Gasteiger partial charge in [0.2, 0.25) is 5.91 Å². The van der Waals surface area contributed by atoms with Crippen molar-refractivity contribution < 1.29 is 4.79 Å². The third-order valence-electron chi connectivity index (χ3n) is 5.27. The summed E-state index contributed by atoms with van der Waals surface area (Å²) in [5, 5.41) is 3.09. The second-order valence-electron chi connectivity index (χ2n) is 7.84. The maximum Gasteiger partial charge on any atom is 0.248 e. The molecule has 0 unspecified atom stereocenters. The summed E-state index contributed by atoms with van der Waals surface area (Å²) >= 11 is 0. The molecule has 1 heterocycles. The molecule has 0 saturated heterocycles. The average molecular weight is 383 g/mol. The molecular weight excluding hydrogens is 344 g/mol. The number of allylic oxidation sites excluding steroid dienone is 1. The lowest BCUT2D eigenvalue weighted by molar-refractivity contribution is -0.117. The van der Waals surface area contributed by atoms with Gasteiger partial charge in [0.05, 0.1) is 0 Å². The molecule has 0 saturated carbocycles. The Morgan fingerprint density at radius 3 is 2.25 bits per heavy atom. The molecule has 0 bridgehead atoms. The highest BCUT2D eigenvalue weighted by atomic mass is 16.1. The highest BCUT2D eigenvalue weighted by molar-refractivity contribution is 5.93. The van der Waals surface area contributed by atoms with Gasteiger partial charge in [-0.05, 0) is 18.4 Å². The lowest BCUT2D eigenvalue weighted by Gasteiger charge is -2.21. The van der Waals surface area contributed by atoms with E-state index in [1.54, 1.807) is 0 Å². The quantitative estimate of drug-likeness (QED) is 0.381. The second kappa shape index (κ2) is 14.0. The highest BCUT2D eigenvalue weighted by Crippen LogP contribution is 2.15. The lowest BCUT2D eigenvalue weighted by atomic mass is 10.1. The molecule has 154 valence electrons. The monoisotopic (exact) mass is 382 g/mol. The zero-order valence-corrected chi connectivity index (χ0v) is 17.7. The fourth-order valence-electron chi connectivity index (χ4n) is 3.58. The van der Waals surface area contributed by atoms with E-state index in [1.165, 1.54) is 63.4 Å². The first-order valence-electron chi connectivity index (χ1n) is 11.2. The van der Waals surface area contributed by atoms with Gasteiger partial charge in [0.25, 0.3) is 0 Å². The van der Waals surface area contributed by atoms with Crippen molar-refractivity contribution in [1.29, 1.82) is 0 Å². The normalized spacial score (nSPS) is 13.5. The SMILES string of the molecule is CCCCCCCCCCCCNC(=O)C1=CN(Cc2ccccc2)C=CC1. The number of carbonyl (C=O) groups excluding carboxylic acids is 1. The Kier molecular flexibility index (Phi) is 11.2. The second-order valence-corrected chi connectivity index (χ2v) is 7.84. The maximum atomic E-state index is 12.4. The Morgan fingerprint density at radius 2 is 1.57 bits per heavy atom. The topological polar surface area (TPSA) is 32.3 Å². The molecule has 0 aliphatic carbocycles. The Hall–Kier alpha value is -2.03. The fraction of sp³-hybridized carbons (Fsp3) is 0.560. The highest BCUT2D eigenvalue weighted by Gasteiger charge is 2.12. The number of hydrogen-bond donors (Lipinski definition) is 1. The van der Waals surface area contributed by atoms with Gasteiger partial charge in [-0.25, -0.2) is 0 Å². The van der Waals surface area contributed by atoms with Gasteiger partial charge in [0, 0.05) is 31.1 Å². The third kappa shape index (κ3) is 9.25. The molecule has 1 N–H and O–H groups in total. The van der Waals surface area contributed by atoms with E-state index < -0.39 is 0 Å². The van der Waals surface area contributed by atoms with Crippen LogP contribution in [0.5, 0.6) is 0 Å². The van der Waals surface area contributed by atoms with Crippen LogP contribution in [0.1, 0.15) is 83.1 Å². The van der Waals surface area contributed by atoms with Gasteiger partial charge in [0.15, 0.2) is 0 Å². The summed E-state index contributed by atoms with van der Waals surface area (Å²) in [5.41, 5.74) is 2.10. The van der Waals surface area contributed by atoms with Crippen LogP contribution in [0.4, 0.5) is 0 Å². The molecule has 1 aromatic carbocycles. The van der Waals surface area contributed by atoms with Crippen molar-refractivity contribution in [2.45, 2.75) is 84.1 Å². The molecule has 0 aromatic heterocycles. The molecule has 3 heteroatoms. The van der Waals surface area contributed by atoms with Gasteiger partial charge in [-0.2, -0.15) is 0 Å². The summed E-state index contributed by atoms with van der Waals surface area (Å²) < 4.78 is 0. The van der Waals surface area contributed by atoms with E-state index in [0.717, 1.165) is 31.5 Å². The minimum atomic E-state index is 0.0818. The van der Waals surface area contributed by atoms with Crippen LogP contribution in [0.25, 0.3) is 0 Å². The van der Waals surface area contributed by atoms with Crippen LogP contribution >= 0.6 is 0 Å². The zero-order chi connectivity index (χ0) is 19.9. The number of rotatable bonds is 14. The minimum Gasteiger partial charge on any atom is -0.352 e. The van der Waals surface area contributed by atoms with Crippen LogP contribution in [0, 0.1) is 0 Å². The number of unbranched alkanes of at least 4 members (excludes halogenated alkanes) is 9. The van der Waals surface area contributed by atoms with Gasteiger partial charge in [0.1, 0.15) is 0 Å². The van der Waals surface area contributed by atoms with Crippen molar-refractivity contribution in [2.24, 2.45) is 0 Å². The van der Waals surface area contributed by atoms with Crippen LogP contribution < -0.4 is 5.32 Å².